The minimum atomic E-state index is 0.102. The summed E-state index contributed by atoms with van der Waals surface area (Å²) in [6.45, 7) is 2.02. The molecular weight excluding hydrogens is 104 g/mol. The summed E-state index contributed by atoms with van der Waals surface area (Å²) in [7, 11) is 1.86. The molecule has 0 aromatic carbocycles. The first-order valence-corrected chi connectivity index (χ1v) is 2.85. The van der Waals surface area contributed by atoms with Crippen molar-refractivity contribution in [3.63, 3.8) is 0 Å². The second-order valence-corrected chi connectivity index (χ2v) is 2.27. The van der Waals surface area contributed by atoms with Gasteiger partial charge in [0.05, 0.1) is 12.3 Å². The minimum Gasteiger partial charge on any atom is -0.314 e. The van der Waals surface area contributed by atoms with E-state index in [-0.39, 0.29) is 6.17 Å². The molecule has 1 saturated heterocycles. The van der Waals surface area contributed by atoms with Gasteiger partial charge < -0.3 is 5.73 Å². The lowest BCUT2D eigenvalue weighted by Gasteiger charge is -2.10. The molecular formula is C5H12N2O. The molecule has 0 bridgehead atoms. The van der Waals surface area contributed by atoms with Crippen LogP contribution in [0.1, 0.15) is 13.3 Å². The van der Waals surface area contributed by atoms with Crippen LogP contribution < -0.4 is 5.73 Å². The van der Waals surface area contributed by atoms with Crippen molar-refractivity contribution in [3.8, 4) is 0 Å². The quantitative estimate of drug-likeness (QED) is 0.481. The van der Waals surface area contributed by atoms with E-state index in [0.717, 1.165) is 6.42 Å². The van der Waals surface area contributed by atoms with E-state index in [0.29, 0.717) is 6.10 Å². The van der Waals surface area contributed by atoms with Gasteiger partial charge in [-0.25, -0.2) is 0 Å². The van der Waals surface area contributed by atoms with Gasteiger partial charge in [0, 0.05) is 13.5 Å². The Bertz CT molecular complexity index is 76.5. The van der Waals surface area contributed by atoms with Crippen LogP contribution in [-0.2, 0) is 4.84 Å². The van der Waals surface area contributed by atoms with Crippen molar-refractivity contribution >= 4 is 0 Å². The molecule has 0 amide bonds. The molecule has 1 fully saturated rings. The van der Waals surface area contributed by atoms with Crippen LogP contribution in [0.5, 0.6) is 0 Å². The van der Waals surface area contributed by atoms with Crippen LogP contribution in [0.2, 0.25) is 0 Å². The number of nitrogens with two attached hydrogens (primary N) is 1. The van der Waals surface area contributed by atoms with Crippen LogP contribution in [0.3, 0.4) is 0 Å². The Morgan fingerprint density at radius 2 is 2.38 bits per heavy atom. The van der Waals surface area contributed by atoms with Crippen LogP contribution in [0, 0.1) is 0 Å². The van der Waals surface area contributed by atoms with E-state index in [1.807, 2.05) is 14.0 Å². The second kappa shape index (κ2) is 2.01. The van der Waals surface area contributed by atoms with E-state index in [9.17, 15) is 0 Å². The second-order valence-electron chi connectivity index (χ2n) is 2.27. The molecule has 0 spiro atoms. The van der Waals surface area contributed by atoms with Crippen molar-refractivity contribution in [2.75, 3.05) is 7.05 Å². The van der Waals surface area contributed by atoms with Gasteiger partial charge in [-0.05, 0) is 6.92 Å². The zero-order valence-corrected chi connectivity index (χ0v) is 5.29. The molecule has 2 atom stereocenters. The van der Waals surface area contributed by atoms with Crippen molar-refractivity contribution in [1.82, 2.24) is 5.06 Å². The fourth-order valence-corrected chi connectivity index (χ4v) is 0.894. The SMILES string of the molecule is CC1CC(N)N(C)O1. The first kappa shape index (κ1) is 6.01. The average Bonchev–Trinajstić information content (AvgIpc) is 1.85. The van der Waals surface area contributed by atoms with Gasteiger partial charge in [0.2, 0.25) is 0 Å². The lowest BCUT2D eigenvalue weighted by molar-refractivity contribution is -0.137. The molecule has 8 heavy (non-hydrogen) atoms. The lowest BCUT2D eigenvalue weighted by Crippen LogP contribution is -2.31. The van der Waals surface area contributed by atoms with E-state index >= 15 is 0 Å². The maximum atomic E-state index is 5.57. The molecule has 3 nitrogen and oxygen atoms in total. The Morgan fingerprint density at radius 1 is 1.75 bits per heavy atom. The van der Waals surface area contributed by atoms with E-state index in [4.69, 9.17) is 10.6 Å². The summed E-state index contributed by atoms with van der Waals surface area (Å²) < 4.78 is 0. The molecule has 1 heterocycles. The summed E-state index contributed by atoms with van der Waals surface area (Å²) in [5.74, 6) is 0. The van der Waals surface area contributed by atoms with Crippen LogP contribution in [-0.4, -0.2) is 24.4 Å². The zero-order valence-electron chi connectivity index (χ0n) is 5.29. The number of nitrogens with zero attached hydrogens (tertiary/aromatic N) is 1. The predicted molar refractivity (Wildman–Crippen MR) is 30.9 cm³/mol. The number of rotatable bonds is 0. The summed E-state index contributed by atoms with van der Waals surface area (Å²) >= 11 is 0. The van der Waals surface area contributed by atoms with E-state index in [1.54, 1.807) is 5.06 Å². The Hall–Kier alpha value is -0.120. The normalized spacial score (nSPS) is 40.9. The molecule has 0 aromatic rings. The Labute approximate surface area is 49.4 Å². The molecule has 0 radical (unpaired) electrons. The molecule has 1 aliphatic heterocycles. The summed E-state index contributed by atoms with van der Waals surface area (Å²) in [4.78, 5) is 5.18. The molecule has 2 unspecified atom stereocenters. The fraction of sp³-hybridized carbons (Fsp3) is 1.00. The minimum absolute atomic E-state index is 0.102. The molecule has 0 saturated carbocycles. The predicted octanol–water partition coefficient (Wildman–Crippen LogP) is -0.0732. The first-order valence-electron chi connectivity index (χ1n) is 2.85. The molecule has 3 heteroatoms. The van der Waals surface area contributed by atoms with E-state index in [1.165, 1.54) is 0 Å². The summed E-state index contributed by atoms with van der Waals surface area (Å²) in [6, 6.07) is 0. The maximum Gasteiger partial charge on any atom is 0.0840 e. The van der Waals surface area contributed by atoms with Crippen LogP contribution >= 0.6 is 0 Å². The molecule has 1 rings (SSSR count). The number of hydrogen-bond acceptors (Lipinski definition) is 3. The van der Waals surface area contributed by atoms with Gasteiger partial charge >= 0.3 is 0 Å². The highest BCUT2D eigenvalue weighted by atomic mass is 16.7. The summed E-state index contributed by atoms with van der Waals surface area (Å²) in [6.07, 6.45) is 1.34. The highest BCUT2D eigenvalue weighted by Crippen LogP contribution is 2.13. The summed E-state index contributed by atoms with van der Waals surface area (Å²) in [5, 5.41) is 1.70. The fourth-order valence-electron chi connectivity index (χ4n) is 0.894. The number of hydroxylamine groups is 2. The first-order chi connectivity index (χ1) is 3.70. The monoisotopic (exact) mass is 116 g/mol. The molecule has 0 aliphatic carbocycles. The number of hydrogen-bond donors (Lipinski definition) is 1. The Kier molecular flexibility index (Phi) is 1.51. The van der Waals surface area contributed by atoms with Crippen LogP contribution in [0.4, 0.5) is 0 Å². The third kappa shape index (κ3) is 0.992. The van der Waals surface area contributed by atoms with Gasteiger partial charge in [0.25, 0.3) is 0 Å². The highest BCUT2D eigenvalue weighted by Gasteiger charge is 2.23. The van der Waals surface area contributed by atoms with Crippen molar-refractivity contribution in [2.45, 2.75) is 25.6 Å². The Balaban J connectivity index is 2.39. The summed E-state index contributed by atoms with van der Waals surface area (Å²) in [5.41, 5.74) is 5.57. The van der Waals surface area contributed by atoms with Crippen LogP contribution in [0.25, 0.3) is 0 Å². The molecule has 1 aliphatic rings. The maximum absolute atomic E-state index is 5.57. The zero-order chi connectivity index (χ0) is 6.15. The Morgan fingerprint density at radius 3 is 2.50 bits per heavy atom. The van der Waals surface area contributed by atoms with Gasteiger partial charge in [0.15, 0.2) is 0 Å². The van der Waals surface area contributed by atoms with Crippen molar-refractivity contribution in [1.29, 1.82) is 0 Å². The molecule has 2 N–H and O–H groups in total. The smallest absolute Gasteiger partial charge is 0.0840 e. The standard InChI is InChI=1S/C5H12N2O/c1-4-3-5(6)7(2)8-4/h4-5H,3,6H2,1-2H3. The average molecular weight is 116 g/mol. The van der Waals surface area contributed by atoms with Gasteiger partial charge in [-0.3, -0.25) is 4.84 Å². The van der Waals surface area contributed by atoms with Crippen molar-refractivity contribution < 1.29 is 4.84 Å². The lowest BCUT2D eigenvalue weighted by atomic mass is 10.3. The van der Waals surface area contributed by atoms with Gasteiger partial charge in [-0.1, -0.05) is 0 Å². The van der Waals surface area contributed by atoms with Crippen molar-refractivity contribution in [3.05, 3.63) is 0 Å². The highest BCUT2D eigenvalue weighted by molar-refractivity contribution is 4.66. The molecule has 48 valence electrons. The van der Waals surface area contributed by atoms with Crippen LogP contribution in [0.15, 0.2) is 0 Å². The van der Waals surface area contributed by atoms with Crippen molar-refractivity contribution in [2.24, 2.45) is 5.73 Å². The topological polar surface area (TPSA) is 38.5 Å². The molecule has 0 aromatic heterocycles. The van der Waals surface area contributed by atoms with E-state index < -0.39 is 0 Å². The largest absolute Gasteiger partial charge is 0.314 e. The van der Waals surface area contributed by atoms with Gasteiger partial charge in [-0.2, -0.15) is 5.06 Å². The third-order valence-corrected chi connectivity index (χ3v) is 1.39. The van der Waals surface area contributed by atoms with Gasteiger partial charge in [-0.15, -0.1) is 0 Å². The third-order valence-electron chi connectivity index (χ3n) is 1.39. The van der Waals surface area contributed by atoms with E-state index in [2.05, 4.69) is 0 Å². The van der Waals surface area contributed by atoms with Gasteiger partial charge in [0.1, 0.15) is 0 Å².